The van der Waals surface area contributed by atoms with Crippen LogP contribution < -0.4 is 42.4 Å². The minimum absolute atomic E-state index is 0.608. The molecule has 64 valence electrons. The summed E-state index contributed by atoms with van der Waals surface area (Å²) in [6, 6.07) is 0. The molecule has 2 heteroatoms. The van der Waals surface area contributed by atoms with Gasteiger partial charge in [0.25, 0.3) is 42.4 Å². The summed E-state index contributed by atoms with van der Waals surface area (Å²) in [5.74, 6) is 8.06. The first-order valence-corrected chi connectivity index (χ1v) is 11.3. The predicted octanol–water partition coefficient (Wildman–Crippen LogP) is -5.33. The van der Waals surface area contributed by atoms with Gasteiger partial charge in [0.1, 0.15) is 9.86 Å². The smallest absolute Gasteiger partial charge is 0.0248 e. The summed E-state index contributed by atoms with van der Waals surface area (Å²) in [5.41, 5.74) is 0. The fraction of sp³-hybridized carbons (Fsp3) is 1.00. The number of hydrogen-bond acceptors (Lipinski definition) is 0. The SMILES string of the molecule is C[I+]C12C3C4C1C1C2C3C41[I+]C. The second kappa shape index (κ2) is 1.46. The Hall–Kier alpha value is 1.46. The standard InChI is InChI=1S/C10H12I2/c1-11-9-3-6-4(9)8-5(9)7(3)10(6,8)12-2/h3-8H,1-2H3/q+2. The molecular weight excluding hydrogens is 374 g/mol. The summed E-state index contributed by atoms with van der Waals surface area (Å²) in [4.78, 5) is 5.13. The lowest BCUT2D eigenvalue weighted by Gasteiger charge is -3.02. The van der Waals surface area contributed by atoms with Crippen molar-refractivity contribution < 1.29 is 42.4 Å². The Morgan fingerprint density at radius 1 is 0.667 bits per heavy atom. The third-order valence-corrected chi connectivity index (χ3v) is 14.1. The molecule has 0 heterocycles. The highest BCUT2D eigenvalue weighted by Crippen LogP contribution is 3.00. The van der Waals surface area contributed by atoms with Crippen molar-refractivity contribution in [3.8, 4) is 0 Å². The van der Waals surface area contributed by atoms with E-state index < -0.39 is 0 Å². The topological polar surface area (TPSA) is 0 Å². The summed E-state index contributed by atoms with van der Waals surface area (Å²) >= 11 is 1.22. The Kier molecular flexibility index (Phi) is 0.835. The third kappa shape index (κ3) is 0.276. The van der Waals surface area contributed by atoms with Crippen LogP contribution in [0.15, 0.2) is 0 Å². The summed E-state index contributed by atoms with van der Waals surface area (Å²) in [6.45, 7) is 0. The zero-order valence-corrected chi connectivity index (χ0v) is 11.5. The molecule has 0 saturated heterocycles. The molecule has 0 unspecified atom stereocenters. The van der Waals surface area contributed by atoms with E-state index in [2.05, 4.69) is 9.86 Å². The van der Waals surface area contributed by atoms with E-state index in [1.54, 1.807) is 0 Å². The Bertz CT molecular complexity index is 236. The van der Waals surface area contributed by atoms with Crippen LogP contribution in [0.5, 0.6) is 0 Å². The van der Waals surface area contributed by atoms with Crippen LogP contribution in [-0.2, 0) is 0 Å². The van der Waals surface area contributed by atoms with Crippen LogP contribution in [-0.4, -0.2) is 16.7 Å². The van der Waals surface area contributed by atoms with Crippen molar-refractivity contribution in [3.05, 3.63) is 0 Å². The Labute approximate surface area is 93.8 Å². The Balaban J connectivity index is 1.67. The second-order valence-corrected chi connectivity index (χ2v) is 11.1. The molecule has 0 aromatic carbocycles. The molecule has 0 amide bonds. The minimum atomic E-state index is 0.608. The molecule has 6 fully saturated rings. The molecule has 6 aliphatic rings. The lowest BCUT2D eigenvalue weighted by Crippen LogP contribution is -3.79. The summed E-state index contributed by atoms with van der Waals surface area (Å²) in [5, 5.41) is 0. The molecule has 0 spiro atoms. The molecule has 0 radical (unpaired) electrons. The van der Waals surface area contributed by atoms with E-state index in [1.165, 1.54) is 35.5 Å². The van der Waals surface area contributed by atoms with Crippen LogP contribution >= 0.6 is 0 Å². The van der Waals surface area contributed by atoms with E-state index in [0.717, 1.165) is 6.84 Å². The van der Waals surface area contributed by atoms with Crippen LogP contribution in [0.2, 0.25) is 0 Å². The average Bonchev–Trinajstić information content (AvgIpc) is 2.17. The minimum Gasteiger partial charge on any atom is 0.0248 e. The molecule has 0 nitrogen and oxygen atoms in total. The maximum Gasteiger partial charge on any atom is 0.273 e. The molecule has 6 rings (SSSR count). The zero-order chi connectivity index (χ0) is 7.88. The van der Waals surface area contributed by atoms with E-state index in [0.29, 0.717) is 42.4 Å². The van der Waals surface area contributed by atoms with Gasteiger partial charge in [-0.1, -0.05) is 0 Å². The Morgan fingerprint density at radius 2 is 0.917 bits per heavy atom. The van der Waals surface area contributed by atoms with Crippen molar-refractivity contribution in [3.63, 3.8) is 0 Å². The second-order valence-electron chi connectivity index (χ2n) is 5.19. The molecular formula is C10H12I2+2. The van der Waals surface area contributed by atoms with Crippen LogP contribution in [0.3, 0.4) is 0 Å². The van der Waals surface area contributed by atoms with Gasteiger partial charge in [0.2, 0.25) is 0 Å². The van der Waals surface area contributed by atoms with E-state index >= 15 is 0 Å². The van der Waals surface area contributed by atoms with Gasteiger partial charge in [-0.15, -0.1) is 0 Å². The predicted molar refractivity (Wildman–Crippen MR) is 38.3 cm³/mol. The third-order valence-electron chi connectivity index (χ3n) is 6.04. The van der Waals surface area contributed by atoms with Gasteiger partial charge in [-0.2, -0.15) is 0 Å². The maximum absolute atomic E-state index is 2.56. The number of halogens is 2. The van der Waals surface area contributed by atoms with Crippen LogP contribution in [0.1, 0.15) is 0 Å². The first-order chi connectivity index (χ1) is 5.85. The molecule has 0 N–H and O–H groups in total. The van der Waals surface area contributed by atoms with Crippen molar-refractivity contribution in [1.82, 2.24) is 0 Å². The molecule has 6 saturated carbocycles. The van der Waals surface area contributed by atoms with Gasteiger partial charge in [0.05, 0.1) is 0 Å². The fourth-order valence-corrected chi connectivity index (χ4v) is 15.0. The number of alkyl halides is 4. The molecule has 0 bridgehead atoms. The van der Waals surface area contributed by atoms with Crippen molar-refractivity contribution >= 4 is 0 Å². The number of hydrogen-bond donors (Lipinski definition) is 0. The largest absolute Gasteiger partial charge is 0.273 e. The molecule has 12 heavy (non-hydrogen) atoms. The molecule has 0 atom stereocenters. The lowest BCUT2D eigenvalue weighted by atomic mass is 9.01. The first-order valence-electron chi connectivity index (χ1n) is 4.87. The van der Waals surface area contributed by atoms with E-state index in [1.807, 2.05) is 0 Å². The summed E-state index contributed by atoms with van der Waals surface area (Å²) < 4.78 is 2.22. The molecule has 0 aliphatic heterocycles. The highest BCUT2D eigenvalue weighted by Gasteiger charge is 3.18. The van der Waals surface area contributed by atoms with Gasteiger partial charge in [0, 0.05) is 35.5 Å². The van der Waals surface area contributed by atoms with E-state index in [-0.39, 0.29) is 0 Å². The van der Waals surface area contributed by atoms with Crippen molar-refractivity contribution in [2.24, 2.45) is 35.5 Å². The van der Waals surface area contributed by atoms with Gasteiger partial charge in [-0.25, -0.2) is 0 Å². The molecule has 0 aromatic heterocycles. The Morgan fingerprint density at radius 3 is 1.08 bits per heavy atom. The van der Waals surface area contributed by atoms with Crippen molar-refractivity contribution in [2.45, 2.75) is 6.84 Å². The summed E-state index contributed by atoms with van der Waals surface area (Å²) in [6.07, 6.45) is 0. The van der Waals surface area contributed by atoms with Crippen LogP contribution in [0, 0.1) is 35.5 Å². The normalized spacial score (nSPS) is 88.5. The molecule has 6 aliphatic carbocycles. The quantitative estimate of drug-likeness (QED) is 0.329. The van der Waals surface area contributed by atoms with Gasteiger partial charge in [-0.05, 0) is 0 Å². The lowest BCUT2D eigenvalue weighted by molar-refractivity contribution is -0.940. The maximum atomic E-state index is 2.56. The van der Waals surface area contributed by atoms with Gasteiger partial charge < -0.3 is 0 Å². The molecule has 0 aromatic rings. The van der Waals surface area contributed by atoms with Gasteiger partial charge in [-0.3, -0.25) is 0 Å². The van der Waals surface area contributed by atoms with Crippen LogP contribution in [0.25, 0.3) is 0 Å². The zero-order valence-electron chi connectivity index (χ0n) is 7.22. The van der Waals surface area contributed by atoms with E-state index in [4.69, 9.17) is 0 Å². The van der Waals surface area contributed by atoms with Crippen LogP contribution in [0.4, 0.5) is 0 Å². The fourth-order valence-electron chi connectivity index (χ4n) is 6.02. The summed E-state index contributed by atoms with van der Waals surface area (Å²) in [7, 11) is 0. The monoisotopic (exact) mass is 386 g/mol. The first kappa shape index (κ1) is 6.85. The van der Waals surface area contributed by atoms with E-state index in [9.17, 15) is 0 Å². The van der Waals surface area contributed by atoms with Crippen molar-refractivity contribution in [1.29, 1.82) is 0 Å². The number of rotatable bonds is 2. The van der Waals surface area contributed by atoms with Gasteiger partial charge in [0.15, 0.2) is 6.84 Å². The highest BCUT2D eigenvalue weighted by atomic mass is 127. The van der Waals surface area contributed by atoms with Gasteiger partial charge >= 0.3 is 0 Å². The highest BCUT2D eigenvalue weighted by molar-refractivity contribution is 5.57. The van der Waals surface area contributed by atoms with Crippen molar-refractivity contribution in [2.75, 3.05) is 9.86 Å². The average molecular weight is 386 g/mol.